The minimum Gasteiger partial charge on any atom is -0.394 e. The highest BCUT2D eigenvalue weighted by atomic mass is 35.5. The van der Waals surface area contributed by atoms with Crippen molar-refractivity contribution in [2.45, 2.75) is 39.3 Å². The van der Waals surface area contributed by atoms with Gasteiger partial charge in [-0.15, -0.1) is 0 Å². The second-order valence-electron chi connectivity index (χ2n) is 9.11. The lowest BCUT2D eigenvalue weighted by atomic mass is 9.70. The molecule has 1 aromatic carbocycles. The van der Waals surface area contributed by atoms with Gasteiger partial charge in [-0.3, -0.25) is 14.4 Å². The minimum absolute atomic E-state index is 0.148. The van der Waals surface area contributed by atoms with E-state index in [0.717, 1.165) is 0 Å². The number of nitrogens with one attached hydrogen (secondary N) is 2. The maximum atomic E-state index is 13.7. The number of hydrogen-bond acceptors (Lipinski definition) is 4. The fourth-order valence-corrected chi connectivity index (χ4v) is 5.27. The smallest absolute Gasteiger partial charge is 0.247 e. The van der Waals surface area contributed by atoms with Crippen LogP contribution in [0.25, 0.3) is 0 Å². The number of halogens is 1. The Hall–Kier alpha value is -2.38. The van der Waals surface area contributed by atoms with E-state index in [1.165, 1.54) is 4.90 Å². The van der Waals surface area contributed by atoms with Crippen LogP contribution in [0.4, 0.5) is 5.69 Å². The second kappa shape index (κ2) is 10.0. The molecule has 8 heteroatoms. The van der Waals surface area contributed by atoms with Gasteiger partial charge >= 0.3 is 0 Å². The van der Waals surface area contributed by atoms with Crippen LogP contribution in [-0.2, 0) is 14.4 Å². The molecule has 3 rings (SSSR count). The van der Waals surface area contributed by atoms with Crippen LogP contribution in [0.15, 0.2) is 36.4 Å². The highest BCUT2D eigenvalue weighted by Crippen LogP contribution is 2.45. The van der Waals surface area contributed by atoms with Crippen LogP contribution in [0.2, 0.25) is 5.02 Å². The summed E-state index contributed by atoms with van der Waals surface area (Å²) in [4.78, 5) is 41.5. The first-order chi connectivity index (χ1) is 15.2. The largest absolute Gasteiger partial charge is 0.394 e. The third-order valence-electron chi connectivity index (χ3n) is 6.51. The number of carbonyl (C=O) groups excluding carboxylic acids is 3. The average molecular weight is 462 g/mol. The van der Waals surface area contributed by atoms with Gasteiger partial charge in [-0.25, -0.2) is 0 Å². The molecule has 2 aliphatic rings. The van der Waals surface area contributed by atoms with Gasteiger partial charge in [-0.1, -0.05) is 56.7 Å². The lowest BCUT2D eigenvalue weighted by molar-refractivity contribution is -0.142. The second-order valence-corrected chi connectivity index (χ2v) is 9.52. The highest BCUT2D eigenvalue weighted by molar-refractivity contribution is 6.33. The van der Waals surface area contributed by atoms with Crippen molar-refractivity contribution in [1.82, 2.24) is 10.2 Å². The zero-order valence-electron chi connectivity index (χ0n) is 18.9. The molecule has 174 valence electrons. The summed E-state index contributed by atoms with van der Waals surface area (Å²) >= 11 is 6.24. The van der Waals surface area contributed by atoms with Crippen LogP contribution in [-0.4, -0.2) is 53.5 Å². The van der Waals surface area contributed by atoms with Crippen LogP contribution in [0, 0.1) is 29.6 Å². The number of aliphatic hydroxyl groups excluding tert-OH is 1. The molecule has 0 radical (unpaired) electrons. The normalized spacial score (nSPS) is 27.9. The van der Waals surface area contributed by atoms with Crippen LogP contribution in [0.1, 0.15) is 27.2 Å². The molecule has 0 spiro atoms. The predicted octanol–water partition coefficient (Wildman–Crippen LogP) is 2.70. The first-order valence-corrected chi connectivity index (χ1v) is 11.5. The molecule has 7 nitrogen and oxygen atoms in total. The molecular weight excluding hydrogens is 430 g/mol. The van der Waals surface area contributed by atoms with E-state index in [4.69, 9.17) is 11.6 Å². The topological polar surface area (TPSA) is 98.7 Å². The maximum absolute atomic E-state index is 13.7. The van der Waals surface area contributed by atoms with Crippen LogP contribution in [0.3, 0.4) is 0 Å². The molecule has 6 atom stereocenters. The molecule has 0 saturated carbocycles. The van der Waals surface area contributed by atoms with E-state index in [1.807, 2.05) is 32.9 Å². The summed E-state index contributed by atoms with van der Waals surface area (Å²) < 4.78 is 0. The number of fused-ring (bicyclic) bond motifs is 1. The molecule has 1 aromatic rings. The van der Waals surface area contributed by atoms with Gasteiger partial charge in [0.15, 0.2) is 0 Å². The molecular formula is C24H32ClN3O4. The van der Waals surface area contributed by atoms with Crippen molar-refractivity contribution in [3.63, 3.8) is 0 Å². The van der Waals surface area contributed by atoms with E-state index in [9.17, 15) is 19.5 Å². The van der Waals surface area contributed by atoms with Crippen LogP contribution < -0.4 is 10.6 Å². The van der Waals surface area contributed by atoms with E-state index >= 15 is 0 Å². The standard InChI is InChI=1S/C24H32ClN3O4/c1-13(2)11-15(12-29)28-21(23(31)27-18-8-6-5-7-17(18)25)16-10-9-14(3)19(22(30)26-4)20(16)24(28)32/h5-10,13-16,19-21,29H,11-12H2,1-4H3,(H,26,30)(H,27,31)/t14-,15-,16+,19-,20+,21+/m1/s1. The molecule has 1 heterocycles. The van der Waals surface area contributed by atoms with Crippen molar-refractivity contribution in [3.8, 4) is 0 Å². The summed E-state index contributed by atoms with van der Waals surface area (Å²) in [6, 6.07) is 5.53. The van der Waals surface area contributed by atoms with Crippen LogP contribution >= 0.6 is 11.6 Å². The fraction of sp³-hybridized carbons (Fsp3) is 0.542. The fourth-order valence-electron chi connectivity index (χ4n) is 5.09. The summed E-state index contributed by atoms with van der Waals surface area (Å²) in [6.07, 6.45) is 4.33. The van der Waals surface area contributed by atoms with Gasteiger partial charge in [-0.2, -0.15) is 0 Å². The SMILES string of the molecule is CNC(=O)[C@H]1[C@H]2C(=O)N([C@@H](CO)CC(C)C)[C@H](C(=O)Nc3ccccc3Cl)[C@H]2C=C[C@H]1C. The van der Waals surface area contributed by atoms with E-state index in [-0.39, 0.29) is 36.2 Å². The first-order valence-electron chi connectivity index (χ1n) is 11.1. The monoisotopic (exact) mass is 461 g/mol. The summed E-state index contributed by atoms with van der Waals surface area (Å²) in [5, 5.41) is 16.1. The molecule has 32 heavy (non-hydrogen) atoms. The quantitative estimate of drug-likeness (QED) is 0.543. The third kappa shape index (κ3) is 4.55. The molecule has 3 N–H and O–H groups in total. The Morgan fingerprint density at radius 1 is 1.19 bits per heavy atom. The van der Waals surface area contributed by atoms with Crippen molar-refractivity contribution < 1.29 is 19.5 Å². The molecule has 0 bridgehead atoms. The van der Waals surface area contributed by atoms with Gasteiger partial charge < -0.3 is 20.6 Å². The molecule has 1 fully saturated rings. The number of nitrogens with zero attached hydrogens (tertiary/aromatic N) is 1. The Morgan fingerprint density at radius 3 is 2.47 bits per heavy atom. The van der Waals surface area contributed by atoms with Gasteiger partial charge in [0.25, 0.3) is 0 Å². The number of benzene rings is 1. The molecule has 1 aliphatic heterocycles. The Balaban J connectivity index is 2.04. The number of rotatable bonds is 7. The predicted molar refractivity (Wildman–Crippen MR) is 124 cm³/mol. The third-order valence-corrected chi connectivity index (χ3v) is 6.84. The Kier molecular flexibility index (Phi) is 7.62. The zero-order chi connectivity index (χ0) is 23.6. The molecule has 1 aliphatic carbocycles. The minimum atomic E-state index is -0.851. The van der Waals surface area contributed by atoms with E-state index in [1.54, 1.807) is 31.3 Å². The maximum Gasteiger partial charge on any atom is 0.247 e. The Labute approximate surface area is 194 Å². The molecule has 1 saturated heterocycles. The van der Waals surface area contributed by atoms with Gasteiger partial charge in [0.1, 0.15) is 6.04 Å². The van der Waals surface area contributed by atoms with Crippen molar-refractivity contribution in [2.75, 3.05) is 19.0 Å². The first kappa shape index (κ1) is 24.3. The number of aliphatic hydroxyl groups is 1. The summed E-state index contributed by atoms with van der Waals surface area (Å²) in [5.41, 5.74) is 0.454. The molecule has 0 unspecified atom stereocenters. The average Bonchev–Trinajstić information content (AvgIpc) is 3.05. The molecule has 3 amide bonds. The van der Waals surface area contributed by atoms with Gasteiger partial charge in [0.05, 0.1) is 35.2 Å². The van der Waals surface area contributed by atoms with E-state index < -0.39 is 29.8 Å². The lowest BCUT2D eigenvalue weighted by Gasteiger charge is -2.34. The lowest BCUT2D eigenvalue weighted by Crippen LogP contribution is -2.51. The van der Waals surface area contributed by atoms with Crippen molar-refractivity contribution in [3.05, 3.63) is 41.4 Å². The van der Waals surface area contributed by atoms with Crippen LogP contribution in [0.5, 0.6) is 0 Å². The number of amides is 3. The number of para-hydroxylation sites is 1. The number of allylic oxidation sites excluding steroid dienone is 1. The summed E-state index contributed by atoms with van der Waals surface area (Å²) in [5.74, 6) is -2.54. The number of likely N-dealkylation sites (tertiary alicyclic amines) is 1. The van der Waals surface area contributed by atoms with Gasteiger partial charge in [0, 0.05) is 13.0 Å². The number of anilines is 1. The van der Waals surface area contributed by atoms with E-state index in [0.29, 0.717) is 17.1 Å². The van der Waals surface area contributed by atoms with E-state index in [2.05, 4.69) is 10.6 Å². The van der Waals surface area contributed by atoms with Crippen molar-refractivity contribution in [2.24, 2.45) is 29.6 Å². The Morgan fingerprint density at radius 2 is 1.88 bits per heavy atom. The highest BCUT2D eigenvalue weighted by Gasteiger charge is 2.58. The molecule has 0 aromatic heterocycles. The van der Waals surface area contributed by atoms with Crippen molar-refractivity contribution in [1.29, 1.82) is 0 Å². The number of hydrogen-bond donors (Lipinski definition) is 3. The number of carbonyl (C=O) groups is 3. The Bertz CT molecular complexity index is 903. The van der Waals surface area contributed by atoms with Gasteiger partial charge in [0.2, 0.25) is 17.7 Å². The van der Waals surface area contributed by atoms with Gasteiger partial charge in [-0.05, 0) is 30.4 Å². The summed E-state index contributed by atoms with van der Waals surface area (Å²) in [6.45, 7) is 5.65. The zero-order valence-corrected chi connectivity index (χ0v) is 19.7. The van der Waals surface area contributed by atoms with Crippen molar-refractivity contribution >= 4 is 35.0 Å². The summed E-state index contributed by atoms with van der Waals surface area (Å²) in [7, 11) is 1.55.